The summed E-state index contributed by atoms with van der Waals surface area (Å²) in [6.07, 6.45) is 2.42. The van der Waals surface area contributed by atoms with Gasteiger partial charge < -0.3 is 9.15 Å². The fourth-order valence-corrected chi connectivity index (χ4v) is 5.66. The van der Waals surface area contributed by atoms with Gasteiger partial charge in [-0.05, 0) is 73.4 Å². The lowest BCUT2D eigenvalue weighted by Gasteiger charge is -2.20. The molecule has 178 valence electrons. The Bertz CT molecular complexity index is 1640. The first-order chi connectivity index (χ1) is 16.7. The second-order valence-electron chi connectivity index (χ2n) is 8.23. The van der Waals surface area contributed by atoms with Gasteiger partial charge in [-0.1, -0.05) is 23.7 Å². The Morgan fingerprint density at radius 2 is 1.77 bits per heavy atom. The van der Waals surface area contributed by atoms with Crippen molar-refractivity contribution in [1.82, 2.24) is 0 Å². The van der Waals surface area contributed by atoms with Gasteiger partial charge in [-0.25, -0.2) is 18.0 Å². The average molecular weight is 510 g/mol. The van der Waals surface area contributed by atoms with E-state index in [2.05, 4.69) is 0 Å². The lowest BCUT2D eigenvalue weighted by Crippen LogP contribution is -2.26. The van der Waals surface area contributed by atoms with E-state index < -0.39 is 16.0 Å². The monoisotopic (exact) mass is 509 g/mol. The van der Waals surface area contributed by atoms with E-state index >= 15 is 0 Å². The highest BCUT2D eigenvalue weighted by atomic mass is 35.5. The van der Waals surface area contributed by atoms with Gasteiger partial charge in [0.05, 0.1) is 16.1 Å². The van der Waals surface area contributed by atoms with Crippen LogP contribution >= 0.6 is 11.6 Å². The molecule has 0 N–H and O–H groups in total. The number of anilines is 1. The zero-order chi connectivity index (χ0) is 24.7. The lowest BCUT2D eigenvalue weighted by molar-refractivity contribution is 0.0734. The Hall–Kier alpha value is -3.62. The molecule has 1 aromatic heterocycles. The van der Waals surface area contributed by atoms with Crippen molar-refractivity contribution in [3.8, 4) is 5.75 Å². The molecular weight excluding hydrogens is 490 g/mol. The number of esters is 1. The largest absolute Gasteiger partial charge is 0.423 e. The summed E-state index contributed by atoms with van der Waals surface area (Å²) in [5.41, 5.74) is 2.12. The molecule has 7 nitrogen and oxygen atoms in total. The Morgan fingerprint density at radius 3 is 2.57 bits per heavy atom. The molecule has 0 aliphatic heterocycles. The number of nitrogens with zero attached hydrogens (tertiary/aromatic N) is 1. The second kappa shape index (κ2) is 8.87. The number of hydrogen-bond acceptors (Lipinski definition) is 6. The van der Waals surface area contributed by atoms with Gasteiger partial charge in [0, 0.05) is 29.1 Å². The molecule has 35 heavy (non-hydrogen) atoms. The van der Waals surface area contributed by atoms with E-state index in [1.54, 1.807) is 30.3 Å². The number of aryl methyl sites for hydroxylation is 1. The van der Waals surface area contributed by atoms with Gasteiger partial charge in [0.2, 0.25) is 0 Å². The van der Waals surface area contributed by atoms with Crippen LogP contribution in [0.25, 0.3) is 11.0 Å². The van der Waals surface area contributed by atoms with Crippen LogP contribution in [0.4, 0.5) is 5.69 Å². The summed E-state index contributed by atoms with van der Waals surface area (Å²) in [7, 11) is -2.55. The van der Waals surface area contributed by atoms with E-state index in [9.17, 15) is 18.0 Å². The number of fused-ring (bicyclic) bond motifs is 3. The summed E-state index contributed by atoms with van der Waals surface area (Å²) in [6, 6.07) is 16.9. The molecule has 1 aliphatic rings. The lowest BCUT2D eigenvalue weighted by atomic mass is 10.1. The number of ether oxygens (including phenoxy) is 1. The molecule has 0 radical (unpaired) electrons. The minimum Gasteiger partial charge on any atom is -0.423 e. The smallest absolute Gasteiger partial charge is 0.343 e. The van der Waals surface area contributed by atoms with Crippen LogP contribution in [0.2, 0.25) is 5.02 Å². The molecule has 1 heterocycles. The normalized spacial score (nSPS) is 13.0. The van der Waals surface area contributed by atoms with Crippen molar-refractivity contribution >= 4 is 44.3 Å². The summed E-state index contributed by atoms with van der Waals surface area (Å²) >= 11 is 5.99. The molecule has 4 aromatic rings. The summed E-state index contributed by atoms with van der Waals surface area (Å²) in [6.45, 7) is 0. The van der Waals surface area contributed by atoms with Gasteiger partial charge in [0.25, 0.3) is 10.0 Å². The molecular formula is C26H20ClNO6S. The molecule has 0 spiro atoms. The van der Waals surface area contributed by atoms with Crippen LogP contribution < -0.4 is 14.7 Å². The number of carbonyl (C=O) groups is 1. The SMILES string of the molecule is CN(c1cccc(Cl)c1)S(=O)(=O)c1cccc(C(=O)Oc2ccc3c4c(c(=O)oc3c2)CCC4)c1. The third-order valence-electron chi connectivity index (χ3n) is 6.06. The third kappa shape index (κ3) is 4.31. The molecule has 0 fully saturated rings. The molecule has 0 atom stereocenters. The molecule has 0 saturated heterocycles. The fraction of sp³-hybridized carbons (Fsp3) is 0.154. The standard InChI is InChI=1S/C26H20ClNO6S/c1-28(18-7-3-6-17(27)14-18)35(31,32)20-8-2-5-16(13-20)25(29)33-19-11-12-22-21-9-4-10-23(21)26(30)34-24(22)15-19/h2-3,5-8,11-15H,4,9-10H2,1H3. The van der Waals surface area contributed by atoms with E-state index in [1.165, 1.54) is 43.4 Å². The summed E-state index contributed by atoms with van der Waals surface area (Å²) in [5.74, 6) is -0.553. The van der Waals surface area contributed by atoms with Crippen LogP contribution in [-0.2, 0) is 22.9 Å². The van der Waals surface area contributed by atoms with Gasteiger partial charge in [-0.3, -0.25) is 4.31 Å². The number of carbonyl (C=O) groups excluding carboxylic acids is 1. The Morgan fingerprint density at radius 1 is 1.00 bits per heavy atom. The van der Waals surface area contributed by atoms with Crippen LogP contribution in [0.15, 0.2) is 80.8 Å². The molecule has 9 heteroatoms. The van der Waals surface area contributed by atoms with E-state index in [0.717, 1.165) is 28.1 Å². The van der Waals surface area contributed by atoms with Crippen molar-refractivity contribution < 1.29 is 22.4 Å². The summed E-state index contributed by atoms with van der Waals surface area (Å²) < 4.78 is 38.3. The van der Waals surface area contributed by atoms with Crippen LogP contribution in [0.5, 0.6) is 5.75 Å². The molecule has 3 aromatic carbocycles. The highest BCUT2D eigenvalue weighted by Gasteiger charge is 2.24. The maximum atomic E-state index is 13.1. The van der Waals surface area contributed by atoms with Crippen molar-refractivity contribution in [3.63, 3.8) is 0 Å². The molecule has 1 aliphatic carbocycles. The van der Waals surface area contributed by atoms with Crippen LogP contribution in [-0.4, -0.2) is 21.4 Å². The van der Waals surface area contributed by atoms with Gasteiger partial charge in [0.1, 0.15) is 11.3 Å². The van der Waals surface area contributed by atoms with Gasteiger partial charge >= 0.3 is 11.6 Å². The number of rotatable bonds is 5. The topological polar surface area (TPSA) is 93.9 Å². The predicted octanol–water partition coefficient (Wildman–Crippen LogP) is 4.98. The first kappa shape index (κ1) is 23.1. The van der Waals surface area contributed by atoms with E-state index in [0.29, 0.717) is 28.3 Å². The molecule has 5 rings (SSSR count). The molecule has 0 amide bonds. The molecule has 0 unspecified atom stereocenters. The zero-order valence-corrected chi connectivity index (χ0v) is 20.2. The van der Waals surface area contributed by atoms with Crippen molar-refractivity contribution in [3.05, 3.63) is 98.9 Å². The Kier molecular flexibility index (Phi) is 5.86. The van der Waals surface area contributed by atoms with Crippen molar-refractivity contribution in [2.24, 2.45) is 0 Å². The zero-order valence-electron chi connectivity index (χ0n) is 18.7. The number of hydrogen-bond donors (Lipinski definition) is 0. The summed E-state index contributed by atoms with van der Waals surface area (Å²) in [5, 5.41) is 1.23. The van der Waals surface area contributed by atoms with E-state index in [1.807, 2.05) is 0 Å². The maximum Gasteiger partial charge on any atom is 0.343 e. The quantitative estimate of drug-likeness (QED) is 0.214. The summed E-state index contributed by atoms with van der Waals surface area (Å²) in [4.78, 5) is 25.0. The first-order valence-electron chi connectivity index (χ1n) is 10.9. The highest BCUT2D eigenvalue weighted by molar-refractivity contribution is 7.92. The van der Waals surface area contributed by atoms with Crippen LogP contribution in [0.3, 0.4) is 0 Å². The number of sulfonamides is 1. The van der Waals surface area contributed by atoms with E-state index in [4.69, 9.17) is 20.8 Å². The average Bonchev–Trinajstić information content (AvgIpc) is 3.34. The van der Waals surface area contributed by atoms with Crippen molar-refractivity contribution in [2.45, 2.75) is 24.2 Å². The predicted molar refractivity (Wildman–Crippen MR) is 133 cm³/mol. The highest BCUT2D eigenvalue weighted by Crippen LogP contribution is 2.30. The minimum absolute atomic E-state index is 0.0565. The maximum absolute atomic E-state index is 13.1. The van der Waals surface area contributed by atoms with E-state index in [-0.39, 0.29) is 21.8 Å². The Labute approximate surface area is 206 Å². The number of benzene rings is 3. The molecule has 0 bridgehead atoms. The van der Waals surface area contributed by atoms with Gasteiger partial charge in [-0.15, -0.1) is 0 Å². The third-order valence-corrected chi connectivity index (χ3v) is 8.07. The van der Waals surface area contributed by atoms with Crippen molar-refractivity contribution in [2.75, 3.05) is 11.4 Å². The first-order valence-corrected chi connectivity index (χ1v) is 12.7. The van der Waals surface area contributed by atoms with Gasteiger partial charge in [0.15, 0.2) is 0 Å². The van der Waals surface area contributed by atoms with Gasteiger partial charge in [-0.2, -0.15) is 0 Å². The van der Waals surface area contributed by atoms with Crippen molar-refractivity contribution in [1.29, 1.82) is 0 Å². The van der Waals surface area contributed by atoms with Crippen LogP contribution in [0.1, 0.15) is 27.9 Å². The Balaban J connectivity index is 1.42. The fourth-order valence-electron chi connectivity index (χ4n) is 4.25. The number of halogens is 1. The minimum atomic E-state index is -3.96. The van der Waals surface area contributed by atoms with Crippen LogP contribution in [0, 0.1) is 0 Å². The molecule has 0 saturated carbocycles. The second-order valence-corrected chi connectivity index (χ2v) is 10.6.